The van der Waals surface area contributed by atoms with Gasteiger partial charge in [0.05, 0.1) is 17.1 Å². The summed E-state index contributed by atoms with van der Waals surface area (Å²) in [5.41, 5.74) is 2.31. The first-order valence-electron chi connectivity index (χ1n) is 10.0. The summed E-state index contributed by atoms with van der Waals surface area (Å²) in [7, 11) is 0. The molecule has 0 bridgehead atoms. The molecule has 6 nitrogen and oxygen atoms in total. The van der Waals surface area contributed by atoms with Gasteiger partial charge in [0.2, 0.25) is 5.91 Å². The van der Waals surface area contributed by atoms with Crippen molar-refractivity contribution in [2.45, 2.75) is 6.04 Å². The smallest absolute Gasteiger partial charge is 0.263 e. The molecule has 0 spiro atoms. The van der Waals surface area contributed by atoms with Crippen LogP contribution in [0.5, 0.6) is 0 Å². The van der Waals surface area contributed by atoms with E-state index in [4.69, 9.17) is 4.99 Å². The van der Waals surface area contributed by atoms with Crippen molar-refractivity contribution in [2.24, 2.45) is 9.98 Å². The van der Waals surface area contributed by atoms with E-state index in [9.17, 15) is 14.0 Å². The van der Waals surface area contributed by atoms with Crippen LogP contribution in [-0.2, 0) is 9.59 Å². The largest absolute Gasteiger partial charge is 0.323 e. The second kappa shape index (κ2) is 8.92. The summed E-state index contributed by atoms with van der Waals surface area (Å²) in [4.78, 5) is 36.6. The maximum Gasteiger partial charge on any atom is 0.263 e. The first-order chi connectivity index (χ1) is 16.0. The van der Waals surface area contributed by atoms with Crippen molar-refractivity contribution in [1.82, 2.24) is 4.90 Å². The van der Waals surface area contributed by atoms with Crippen LogP contribution in [0, 0.1) is 5.82 Å². The average molecular weight is 523 g/mol. The molecule has 0 aromatic heterocycles. The minimum atomic E-state index is -0.677. The third kappa shape index (κ3) is 4.21. The van der Waals surface area contributed by atoms with Gasteiger partial charge in [-0.25, -0.2) is 19.3 Å². The van der Waals surface area contributed by atoms with Gasteiger partial charge < -0.3 is 5.32 Å². The molecule has 0 radical (unpaired) electrons. The van der Waals surface area contributed by atoms with Crippen molar-refractivity contribution in [3.05, 3.63) is 94.2 Å². The van der Waals surface area contributed by atoms with Gasteiger partial charge in [-0.2, -0.15) is 0 Å². The number of carbonyl (C=O) groups is 2. The summed E-state index contributed by atoms with van der Waals surface area (Å²) in [5, 5.41) is 2.92. The Bertz CT molecular complexity index is 1330. The highest BCUT2D eigenvalue weighted by Gasteiger charge is 2.42. The van der Waals surface area contributed by atoms with Crippen LogP contribution >= 0.6 is 27.7 Å². The fourth-order valence-corrected chi connectivity index (χ4v) is 4.74. The number of carbonyl (C=O) groups excluding carboxylic acids is 2. The molecular weight excluding hydrogens is 507 g/mol. The fraction of sp³-hybridized carbons (Fsp3) is 0.0833. The molecule has 2 aliphatic heterocycles. The number of fused-ring (bicyclic) bond motifs is 3. The van der Waals surface area contributed by atoms with E-state index in [2.05, 4.69) is 26.2 Å². The van der Waals surface area contributed by atoms with Crippen LogP contribution in [0.25, 0.3) is 0 Å². The molecule has 3 aromatic rings. The molecule has 2 heterocycles. The molecule has 2 aliphatic rings. The number of hydrogen-bond donors (Lipinski definition) is 1. The van der Waals surface area contributed by atoms with E-state index < -0.39 is 17.8 Å². The molecular formula is C24H16BrFN4O2S. The van der Waals surface area contributed by atoms with Crippen molar-refractivity contribution < 1.29 is 14.0 Å². The Labute approximate surface area is 201 Å². The van der Waals surface area contributed by atoms with Gasteiger partial charge in [0.25, 0.3) is 5.91 Å². The van der Waals surface area contributed by atoms with Crippen molar-refractivity contribution in [3.63, 3.8) is 0 Å². The Balaban J connectivity index is 1.40. The summed E-state index contributed by atoms with van der Waals surface area (Å²) in [5.74, 6) is -0.713. The minimum Gasteiger partial charge on any atom is -0.323 e. The zero-order chi connectivity index (χ0) is 22.9. The lowest BCUT2D eigenvalue weighted by Gasteiger charge is -2.25. The summed E-state index contributed by atoms with van der Waals surface area (Å²) in [6, 6.07) is 20.5. The lowest BCUT2D eigenvalue weighted by atomic mass is 10.1. The van der Waals surface area contributed by atoms with E-state index in [1.54, 1.807) is 6.07 Å². The third-order valence-corrected chi connectivity index (χ3v) is 6.55. The molecule has 0 saturated carbocycles. The summed E-state index contributed by atoms with van der Waals surface area (Å²) < 4.78 is 14.6. The van der Waals surface area contributed by atoms with Crippen LogP contribution in [0.3, 0.4) is 0 Å². The Kier molecular flexibility index (Phi) is 5.82. The number of anilines is 1. The standard InChI is InChI=1S/C24H16BrFN4O2S/c25-15-10-11-19(17(26)12-15)27-20(31)13-33-24-28-18-9-5-4-8-16(18)22-29-21(23(32)30(22)24)14-6-2-1-3-7-14/h1-12,21H,13H2,(H,27,31). The normalized spacial score (nSPS) is 16.6. The van der Waals surface area contributed by atoms with Crippen LogP contribution < -0.4 is 5.32 Å². The second-order valence-electron chi connectivity index (χ2n) is 7.31. The number of para-hydroxylation sites is 1. The lowest BCUT2D eigenvalue weighted by Crippen LogP contribution is -2.40. The van der Waals surface area contributed by atoms with Crippen LogP contribution in [0.2, 0.25) is 0 Å². The number of thioether (sulfide) groups is 1. The van der Waals surface area contributed by atoms with Crippen LogP contribution in [0.1, 0.15) is 17.2 Å². The fourth-order valence-electron chi connectivity index (χ4n) is 3.61. The maximum atomic E-state index is 14.1. The Hall–Kier alpha value is -3.30. The summed E-state index contributed by atoms with van der Waals surface area (Å²) >= 11 is 4.30. The summed E-state index contributed by atoms with van der Waals surface area (Å²) in [6.45, 7) is 0. The quantitative estimate of drug-likeness (QED) is 0.505. The molecule has 9 heteroatoms. The van der Waals surface area contributed by atoms with Crippen molar-refractivity contribution in [3.8, 4) is 0 Å². The van der Waals surface area contributed by atoms with Gasteiger partial charge in [-0.15, -0.1) is 0 Å². The van der Waals surface area contributed by atoms with E-state index in [1.165, 1.54) is 17.0 Å². The number of nitrogens with one attached hydrogen (secondary N) is 1. The van der Waals surface area contributed by atoms with E-state index in [-0.39, 0.29) is 17.3 Å². The van der Waals surface area contributed by atoms with E-state index >= 15 is 0 Å². The van der Waals surface area contributed by atoms with Crippen molar-refractivity contribution >= 4 is 61.9 Å². The predicted octanol–water partition coefficient (Wildman–Crippen LogP) is 5.29. The maximum absolute atomic E-state index is 14.1. The highest BCUT2D eigenvalue weighted by Crippen LogP contribution is 2.37. The first-order valence-corrected chi connectivity index (χ1v) is 11.8. The van der Waals surface area contributed by atoms with Crippen LogP contribution in [0.15, 0.2) is 87.3 Å². The number of aliphatic imine (C=N–C) groups is 2. The zero-order valence-corrected chi connectivity index (χ0v) is 19.4. The number of halogens is 2. The molecule has 0 saturated heterocycles. The van der Waals surface area contributed by atoms with E-state index in [1.807, 2.05) is 54.6 Å². The molecule has 1 atom stereocenters. The molecule has 0 aliphatic carbocycles. The number of amides is 2. The number of hydrogen-bond acceptors (Lipinski definition) is 5. The van der Waals surface area contributed by atoms with Gasteiger partial charge in [0.15, 0.2) is 11.2 Å². The molecule has 1 unspecified atom stereocenters. The molecule has 3 aromatic carbocycles. The second-order valence-corrected chi connectivity index (χ2v) is 9.17. The highest BCUT2D eigenvalue weighted by atomic mass is 79.9. The Morgan fingerprint density at radius 2 is 1.85 bits per heavy atom. The topological polar surface area (TPSA) is 74.1 Å². The van der Waals surface area contributed by atoms with Gasteiger partial charge in [-0.1, -0.05) is 70.2 Å². The van der Waals surface area contributed by atoms with Crippen molar-refractivity contribution in [1.29, 1.82) is 0 Å². The molecule has 33 heavy (non-hydrogen) atoms. The van der Waals surface area contributed by atoms with E-state index in [0.717, 1.165) is 22.9 Å². The van der Waals surface area contributed by atoms with Gasteiger partial charge in [0.1, 0.15) is 11.7 Å². The molecule has 2 amide bonds. The van der Waals surface area contributed by atoms with Gasteiger partial charge >= 0.3 is 0 Å². The SMILES string of the molecule is O=C(CSC1=Nc2ccccc2C2=NC(c3ccccc3)C(=O)N12)Nc1ccc(Br)cc1F. The number of nitrogens with zero attached hydrogens (tertiary/aromatic N) is 3. The Morgan fingerprint density at radius 3 is 2.64 bits per heavy atom. The van der Waals surface area contributed by atoms with Crippen molar-refractivity contribution in [2.75, 3.05) is 11.1 Å². The molecule has 0 fully saturated rings. The van der Waals surface area contributed by atoms with Gasteiger partial charge in [0, 0.05) is 10.0 Å². The van der Waals surface area contributed by atoms with Gasteiger partial charge in [-0.3, -0.25) is 9.59 Å². The third-order valence-electron chi connectivity index (χ3n) is 5.12. The lowest BCUT2D eigenvalue weighted by molar-refractivity contribution is -0.124. The molecule has 5 rings (SSSR count). The van der Waals surface area contributed by atoms with E-state index in [0.29, 0.717) is 21.2 Å². The number of rotatable bonds is 4. The van der Waals surface area contributed by atoms with Gasteiger partial charge in [-0.05, 0) is 35.9 Å². The van der Waals surface area contributed by atoms with Crippen LogP contribution in [-0.4, -0.2) is 33.5 Å². The first kappa shape index (κ1) is 21.5. The minimum absolute atomic E-state index is 0.0520. The summed E-state index contributed by atoms with van der Waals surface area (Å²) in [6.07, 6.45) is 0. The average Bonchev–Trinajstić information content (AvgIpc) is 3.17. The number of amidine groups is 2. The predicted molar refractivity (Wildman–Crippen MR) is 131 cm³/mol. The van der Waals surface area contributed by atoms with Crippen LogP contribution in [0.4, 0.5) is 15.8 Å². The monoisotopic (exact) mass is 522 g/mol. The molecule has 1 N–H and O–H groups in total. The molecule has 164 valence electrons. The highest BCUT2D eigenvalue weighted by molar-refractivity contribution is 9.10. The number of benzene rings is 3. The zero-order valence-electron chi connectivity index (χ0n) is 17.0. The Morgan fingerprint density at radius 1 is 1.09 bits per heavy atom.